The number of anilines is 1. The van der Waals surface area contributed by atoms with Gasteiger partial charge in [0.15, 0.2) is 0 Å². The summed E-state index contributed by atoms with van der Waals surface area (Å²) in [6.45, 7) is 8.56. The van der Waals surface area contributed by atoms with E-state index in [1.807, 2.05) is 13.8 Å². The highest BCUT2D eigenvalue weighted by molar-refractivity contribution is 5.93. The third-order valence-corrected chi connectivity index (χ3v) is 3.73. The second-order valence-electron chi connectivity index (χ2n) is 5.95. The molecule has 6 heteroatoms. The summed E-state index contributed by atoms with van der Waals surface area (Å²) >= 11 is 0. The molecule has 0 heterocycles. The Hall–Kier alpha value is -2.11. The Morgan fingerprint density at radius 3 is 2.48 bits per heavy atom. The second-order valence-corrected chi connectivity index (χ2v) is 5.95. The molecular weight excluding hydrogens is 275 g/mol. The molecule has 0 aliphatic rings. The van der Waals surface area contributed by atoms with Gasteiger partial charge in [0.05, 0.1) is 11.3 Å². The Morgan fingerprint density at radius 1 is 1.33 bits per heavy atom. The van der Waals surface area contributed by atoms with Crippen LogP contribution in [0.15, 0.2) is 18.2 Å². The minimum atomic E-state index is -1.18. The van der Waals surface area contributed by atoms with Crippen molar-refractivity contribution in [2.45, 2.75) is 27.7 Å². The molecule has 3 N–H and O–H groups in total. The molecule has 0 aliphatic carbocycles. The van der Waals surface area contributed by atoms with Gasteiger partial charge in [0.1, 0.15) is 5.82 Å². The number of urea groups is 1. The molecule has 1 aromatic carbocycles. The Balaban J connectivity index is 2.71. The van der Waals surface area contributed by atoms with Gasteiger partial charge in [0.25, 0.3) is 0 Å². The summed E-state index contributed by atoms with van der Waals surface area (Å²) < 4.78 is 13.6. The lowest BCUT2D eigenvalue weighted by molar-refractivity contribution is 0.0697. The van der Waals surface area contributed by atoms with Gasteiger partial charge >= 0.3 is 12.0 Å². The van der Waals surface area contributed by atoms with Crippen LogP contribution in [0, 0.1) is 17.2 Å². The maximum absolute atomic E-state index is 13.6. The number of rotatable bonds is 5. The van der Waals surface area contributed by atoms with E-state index < -0.39 is 17.8 Å². The summed E-state index contributed by atoms with van der Waals surface area (Å²) in [6.07, 6.45) is 0. The number of carbonyl (C=O) groups is 2. The van der Waals surface area contributed by atoms with Crippen molar-refractivity contribution >= 4 is 17.7 Å². The van der Waals surface area contributed by atoms with E-state index >= 15 is 0 Å². The highest BCUT2D eigenvalue weighted by atomic mass is 19.1. The number of carbonyl (C=O) groups excluding carboxylic acids is 1. The summed E-state index contributed by atoms with van der Waals surface area (Å²) in [4.78, 5) is 22.6. The number of carboxylic acids is 1. The Labute approximate surface area is 123 Å². The van der Waals surface area contributed by atoms with Crippen LogP contribution in [0.2, 0.25) is 0 Å². The van der Waals surface area contributed by atoms with Gasteiger partial charge in [-0.2, -0.15) is 0 Å². The number of halogens is 1. The van der Waals surface area contributed by atoms with Crippen molar-refractivity contribution in [3.8, 4) is 0 Å². The van der Waals surface area contributed by atoms with Gasteiger partial charge < -0.3 is 15.7 Å². The molecule has 21 heavy (non-hydrogen) atoms. The normalized spacial score (nSPS) is 11.3. The third-order valence-electron chi connectivity index (χ3n) is 3.73. The number of aromatic carboxylic acids is 1. The molecule has 0 saturated carbocycles. The van der Waals surface area contributed by atoms with Crippen molar-refractivity contribution in [1.29, 1.82) is 0 Å². The van der Waals surface area contributed by atoms with Crippen LogP contribution in [0.5, 0.6) is 0 Å². The van der Waals surface area contributed by atoms with Crippen molar-refractivity contribution in [2.24, 2.45) is 11.3 Å². The molecule has 0 atom stereocenters. The lowest BCUT2D eigenvalue weighted by Crippen LogP contribution is -2.39. The molecule has 0 saturated heterocycles. The number of carboxylic acid groups (broad SMARTS) is 1. The summed E-state index contributed by atoms with van der Waals surface area (Å²) in [5.41, 5.74) is -0.345. The largest absolute Gasteiger partial charge is 0.478 e. The Bertz CT molecular complexity index is 542. The van der Waals surface area contributed by atoms with Crippen LogP contribution in [0.3, 0.4) is 0 Å². The number of hydrogen-bond acceptors (Lipinski definition) is 2. The SMILES string of the molecule is CC(C)C(C)(C)CNC(=O)Nc1cc(C(=O)O)ccc1F. The molecule has 0 radical (unpaired) electrons. The van der Waals surface area contributed by atoms with Crippen molar-refractivity contribution < 1.29 is 19.1 Å². The molecule has 116 valence electrons. The summed E-state index contributed by atoms with van der Waals surface area (Å²) in [5, 5.41) is 13.8. The highest BCUT2D eigenvalue weighted by Crippen LogP contribution is 2.24. The van der Waals surface area contributed by atoms with E-state index in [1.54, 1.807) is 0 Å². The van der Waals surface area contributed by atoms with E-state index in [2.05, 4.69) is 24.5 Å². The summed E-state index contributed by atoms with van der Waals surface area (Å²) in [7, 11) is 0. The number of amides is 2. The molecular formula is C15H21FN2O3. The van der Waals surface area contributed by atoms with Crippen LogP contribution in [0.25, 0.3) is 0 Å². The lowest BCUT2D eigenvalue weighted by atomic mass is 9.81. The first kappa shape index (κ1) is 16.9. The predicted molar refractivity (Wildman–Crippen MR) is 79.0 cm³/mol. The van der Waals surface area contributed by atoms with Crippen molar-refractivity contribution in [3.05, 3.63) is 29.6 Å². The summed E-state index contributed by atoms with van der Waals surface area (Å²) in [6, 6.07) is 2.68. The van der Waals surface area contributed by atoms with Gasteiger partial charge in [-0.15, -0.1) is 0 Å². The van der Waals surface area contributed by atoms with Gasteiger partial charge in [-0.25, -0.2) is 14.0 Å². The zero-order chi connectivity index (χ0) is 16.2. The fourth-order valence-corrected chi connectivity index (χ4v) is 1.43. The highest BCUT2D eigenvalue weighted by Gasteiger charge is 2.23. The first-order chi connectivity index (χ1) is 9.63. The van der Waals surface area contributed by atoms with E-state index in [-0.39, 0.29) is 16.7 Å². The van der Waals surface area contributed by atoms with Crippen LogP contribution in [-0.4, -0.2) is 23.7 Å². The molecule has 1 rings (SSSR count). The smallest absolute Gasteiger partial charge is 0.335 e. The standard InChI is InChI=1S/C15H21FN2O3/c1-9(2)15(3,4)8-17-14(21)18-12-7-10(13(19)20)5-6-11(12)16/h5-7,9H,8H2,1-4H3,(H,19,20)(H2,17,18,21). The van der Waals surface area contributed by atoms with Crippen molar-refractivity contribution in [2.75, 3.05) is 11.9 Å². The van der Waals surface area contributed by atoms with Gasteiger partial charge in [0, 0.05) is 6.54 Å². The number of nitrogens with one attached hydrogen (secondary N) is 2. The quantitative estimate of drug-likeness (QED) is 0.780. The van der Waals surface area contributed by atoms with Crippen LogP contribution in [0.1, 0.15) is 38.1 Å². The molecule has 0 aromatic heterocycles. The van der Waals surface area contributed by atoms with Gasteiger partial charge in [-0.3, -0.25) is 0 Å². The molecule has 0 fully saturated rings. The first-order valence-electron chi connectivity index (χ1n) is 6.71. The number of benzene rings is 1. The number of hydrogen-bond donors (Lipinski definition) is 3. The third kappa shape index (κ3) is 4.73. The topological polar surface area (TPSA) is 78.4 Å². The predicted octanol–water partition coefficient (Wildman–Crippen LogP) is 3.33. The average molecular weight is 296 g/mol. The molecule has 0 aliphatic heterocycles. The average Bonchev–Trinajstić information content (AvgIpc) is 2.38. The molecule has 5 nitrogen and oxygen atoms in total. The zero-order valence-electron chi connectivity index (χ0n) is 12.7. The second kappa shape index (κ2) is 6.56. The van der Waals surface area contributed by atoms with Crippen LogP contribution < -0.4 is 10.6 Å². The van der Waals surface area contributed by atoms with Crippen LogP contribution in [-0.2, 0) is 0 Å². The monoisotopic (exact) mass is 296 g/mol. The minimum Gasteiger partial charge on any atom is -0.478 e. The summed E-state index contributed by atoms with van der Waals surface area (Å²) in [5.74, 6) is -1.50. The van der Waals surface area contributed by atoms with Gasteiger partial charge in [0.2, 0.25) is 0 Å². The fraction of sp³-hybridized carbons (Fsp3) is 0.467. The molecule has 2 amide bonds. The minimum absolute atomic E-state index is 0.0887. The van der Waals surface area contributed by atoms with Crippen LogP contribution in [0.4, 0.5) is 14.9 Å². The first-order valence-corrected chi connectivity index (χ1v) is 6.71. The van der Waals surface area contributed by atoms with Crippen molar-refractivity contribution in [1.82, 2.24) is 5.32 Å². The van der Waals surface area contributed by atoms with Gasteiger partial charge in [-0.1, -0.05) is 27.7 Å². The lowest BCUT2D eigenvalue weighted by Gasteiger charge is -2.29. The van der Waals surface area contributed by atoms with E-state index in [9.17, 15) is 14.0 Å². The van der Waals surface area contributed by atoms with Crippen molar-refractivity contribution in [3.63, 3.8) is 0 Å². The maximum Gasteiger partial charge on any atom is 0.335 e. The Kier molecular flexibility index (Phi) is 5.29. The van der Waals surface area contributed by atoms with E-state index in [1.165, 1.54) is 0 Å². The fourth-order valence-electron chi connectivity index (χ4n) is 1.43. The molecule has 0 bridgehead atoms. The molecule has 1 aromatic rings. The molecule has 0 spiro atoms. The van der Waals surface area contributed by atoms with E-state index in [0.717, 1.165) is 18.2 Å². The molecule has 0 unspecified atom stereocenters. The maximum atomic E-state index is 13.6. The van der Waals surface area contributed by atoms with E-state index in [4.69, 9.17) is 5.11 Å². The Morgan fingerprint density at radius 2 is 1.95 bits per heavy atom. The van der Waals surface area contributed by atoms with E-state index in [0.29, 0.717) is 12.5 Å². The van der Waals surface area contributed by atoms with Crippen LogP contribution >= 0.6 is 0 Å². The zero-order valence-corrected chi connectivity index (χ0v) is 12.7. The van der Waals surface area contributed by atoms with Gasteiger partial charge in [-0.05, 0) is 29.5 Å².